The first-order chi connectivity index (χ1) is 14.4. The van der Waals surface area contributed by atoms with Gasteiger partial charge in [-0.1, -0.05) is 62.6 Å². The van der Waals surface area contributed by atoms with Gasteiger partial charge in [-0.2, -0.15) is 0 Å². The van der Waals surface area contributed by atoms with Gasteiger partial charge in [0.2, 0.25) is 0 Å². The second kappa shape index (κ2) is 11.6. The van der Waals surface area contributed by atoms with Crippen molar-refractivity contribution in [2.45, 2.75) is 71.8 Å². The zero-order valence-corrected chi connectivity index (χ0v) is 18.9. The van der Waals surface area contributed by atoms with Crippen molar-refractivity contribution in [1.82, 2.24) is 10.6 Å². The molecule has 0 spiro atoms. The van der Waals surface area contributed by atoms with Gasteiger partial charge < -0.3 is 20.8 Å². The maximum absolute atomic E-state index is 12.6. The molecule has 0 saturated carbocycles. The standard InChI is InChI=1S/C24H36BN3O2/c1-6-10-17(11-7-2)25-18-13-14-21(30-9-4)19(15-18)23-27-22(20(26)12-8-3)16(5)24(29)28-23/h6,13-15,17,23,25-27H,1,7-12H2,2-5H3,(H,28,29). The van der Waals surface area contributed by atoms with Crippen molar-refractivity contribution in [3.05, 3.63) is 47.7 Å². The van der Waals surface area contributed by atoms with Crippen molar-refractivity contribution in [1.29, 1.82) is 5.41 Å². The third kappa shape index (κ3) is 6.00. The van der Waals surface area contributed by atoms with E-state index in [1.807, 2.05) is 26.0 Å². The molecule has 0 bridgehead atoms. The Bertz CT molecular complexity index is 804. The molecule has 3 N–H and O–H groups in total. The minimum absolute atomic E-state index is 0.141. The van der Waals surface area contributed by atoms with Gasteiger partial charge in [-0.25, -0.2) is 0 Å². The maximum atomic E-state index is 12.6. The first-order valence-electron chi connectivity index (χ1n) is 11.2. The Labute approximate surface area is 182 Å². The second-order valence-electron chi connectivity index (χ2n) is 7.97. The quantitative estimate of drug-likeness (QED) is 0.276. The largest absolute Gasteiger partial charge is 0.493 e. The van der Waals surface area contributed by atoms with Crippen LogP contribution in [0.25, 0.3) is 0 Å². The molecule has 1 aromatic rings. The van der Waals surface area contributed by atoms with Gasteiger partial charge in [-0.3, -0.25) is 4.79 Å². The fraction of sp³-hybridized carbons (Fsp3) is 0.500. The summed E-state index contributed by atoms with van der Waals surface area (Å²) in [5.74, 6) is 1.18. The molecule has 2 rings (SSSR count). The van der Waals surface area contributed by atoms with Gasteiger partial charge >= 0.3 is 0 Å². The molecule has 0 aromatic heterocycles. The van der Waals surface area contributed by atoms with Crippen molar-refractivity contribution >= 4 is 24.4 Å². The topological polar surface area (TPSA) is 74.2 Å². The lowest BCUT2D eigenvalue weighted by Gasteiger charge is -2.31. The molecule has 0 fully saturated rings. The maximum Gasteiger partial charge on any atom is 0.250 e. The molecule has 0 aliphatic carbocycles. The number of carbonyl (C=O) groups excluding carboxylic acids is 1. The van der Waals surface area contributed by atoms with Gasteiger partial charge in [0.25, 0.3) is 5.91 Å². The summed E-state index contributed by atoms with van der Waals surface area (Å²) in [4.78, 5) is 12.6. The first kappa shape index (κ1) is 23.8. The van der Waals surface area contributed by atoms with E-state index in [4.69, 9.17) is 10.1 Å². The van der Waals surface area contributed by atoms with Gasteiger partial charge in [0.15, 0.2) is 7.28 Å². The zero-order valence-electron chi connectivity index (χ0n) is 18.9. The van der Waals surface area contributed by atoms with E-state index >= 15 is 0 Å². The molecular weight excluding hydrogens is 373 g/mol. The number of nitrogens with one attached hydrogen (secondary N) is 3. The van der Waals surface area contributed by atoms with E-state index in [-0.39, 0.29) is 5.91 Å². The Hall–Kier alpha value is -2.50. The van der Waals surface area contributed by atoms with Crippen LogP contribution in [0.5, 0.6) is 5.75 Å². The summed E-state index contributed by atoms with van der Waals surface area (Å²) in [5, 5.41) is 14.8. The van der Waals surface area contributed by atoms with Crippen molar-refractivity contribution in [2.24, 2.45) is 0 Å². The summed E-state index contributed by atoms with van der Waals surface area (Å²) in [7, 11) is 0.966. The number of ether oxygens (including phenoxy) is 1. The van der Waals surface area contributed by atoms with Gasteiger partial charge in [0.1, 0.15) is 11.9 Å². The summed E-state index contributed by atoms with van der Waals surface area (Å²) in [5.41, 5.74) is 3.80. The van der Waals surface area contributed by atoms with E-state index in [9.17, 15) is 4.79 Å². The van der Waals surface area contributed by atoms with Crippen molar-refractivity contribution < 1.29 is 9.53 Å². The molecule has 2 atom stereocenters. The Balaban J connectivity index is 2.37. The van der Waals surface area contributed by atoms with Gasteiger partial charge in [0, 0.05) is 11.1 Å². The van der Waals surface area contributed by atoms with Gasteiger partial charge in [-0.15, -0.1) is 6.58 Å². The molecule has 30 heavy (non-hydrogen) atoms. The Kier molecular flexibility index (Phi) is 9.22. The van der Waals surface area contributed by atoms with E-state index in [0.717, 1.165) is 44.3 Å². The molecule has 1 aromatic carbocycles. The lowest BCUT2D eigenvalue weighted by atomic mass is 9.56. The number of hydrogen-bond donors (Lipinski definition) is 3. The van der Waals surface area contributed by atoms with Crippen LogP contribution in [0.3, 0.4) is 0 Å². The van der Waals surface area contributed by atoms with Crippen molar-refractivity contribution in [3.63, 3.8) is 0 Å². The average Bonchev–Trinajstić information content (AvgIpc) is 2.71. The predicted molar refractivity (Wildman–Crippen MR) is 127 cm³/mol. The average molecular weight is 409 g/mol. The number of amides is 1. The monoisotopic (exact) mass is 409 g/mol. The smallest absolute Gasteiger partial charge is 0.250 e. The van der Waals surface area contributed by atoms with Crippen LogP contribution in [0.15, 0.2) is 42.1 Å². The number of hydrogen-bond acceptors (Lipinski definition) is 4. The third-order valence-electron chi connectivity index (χ3n) is 5.49. The molecule has 0 radical (unpaired) electrons. The van der Waals surface area contributed by atoms with Crippen molar-refractivity contribution in [2.75, 3.05) is 6.61 Å². The molecular formula is C24H36BN3O2. The SMILES string of the molecule is C=CCC(Bc1ccc(OCC)c(C2NC(=O)C(C)=C(C(=N)CCC)N2)c1)CCC. The summed E-state index contributed by atoms with van der Waals surface area (Å²) >= 11 is 0. The Morgan fingerprint density at radius 1 is 1.30 bits per heavy atom. The van der Waals surface area contributed by atoms with Crippen LogP contribution in [-0.4, -0.2) is 25.5 Å². The molecule has 1 aliphatic rings. The minimum atomic E-state index is -0.418. The fourth-order valence-corrected chi connectivity index (χ4v) is 4.00. The highest BCUT2D eigenvalue weighted by Crippen LogP contribution is 2.28. The highest BCUT2D eigenvalue weighted by Gasteiger charge is 2.28. The van der Waals surface area contributed by atoms with Gasteiger partial charge in [0.05, 0.1) is 18.0 Å². The summed E-state index contributed by atoms with van der Waals surface area (Å²) < 4.78 is 5.87. The normalized spacial score (nSPS) is 17.1. The summed E-state index contributed by atoms with van der Waals surface area (Å²) in [6.45, 7) is 12.4. The van der Waals surface area contributed by atoms with E-state index in [1.165, 1.54) is 5.46 Å². The minimum Gasteiger partial charge on any atom is -0.493 e. The van der Waals surface area contributed by atoms with Crippen LogP contribution < -0.4 is 20.8 Å². The molecule has 5 nitrogen and oxygen atoms in total. The number of carbonyl (C=O) groups is 1. The lowest BCUT2D eigenvalue weighted by molar-refractivity contribution is -0.118. The fourth-order valence-electron chi connectivity index (χ4n) is 4.00. The first-order valence-corrected chi connectivity index (χ1v) is 11.2. The van der Waals surface area contributed by atoms with Crippen molar-refractivity contribution in [3.8, 4) is 5.75 Å². The van der Waals surface area contributed by atoms with E-state index in [2.05, 4.69) is 36.3 Å². The summed E-state index contributed by atoms with van der Waals surface area (Å²) in [6, 6.07) is 6.25. The number of allylic oxidation sites excluding steroid dienone is 2. The van der Waals surface area contributed by atoms with Crippen LogP contribution >= 0.6 is 0 Å². The number of rotatable bonds is 12. The molecule has 162 valence electrons. The second-order valence-corrected chi connectivity index (χ2v) is 7.97. The molecule has 1 heterocycles. The van der Waals surface area contributed by atoms with E-state index < -0.39 is 6.17 Å². The van der Waals surface area contributed by atoms with Crippen LogP contribution in [0.4, 0.5) is 0 Å². The molecule has 1 aliphatic heterocycles. The Morgan fingerprint density at radius 2 is 2.07 bits per heavy atom. The van der Waals surface area contributed by atoms with Crippen LogP contribution in [0.1, 0.15) is 71.5 Å². The van der Waals surface area contributed by atoms with E-state index in [1.54, 1.807) is 6.92 Å². The molecule has 1 amide bonds. The van der Waals surface area contributed by atoms with E-state index in [0.29, 0.717) is 35.8 Å². The zero-order chi connectivity index (χ0) is 22.1. The third-order valence-corrected chi connectivity index (χ3v) is 5.49. The lowest BCUT2D eigenvalue weighted by Crippen LogP contribution is -2.46. The predicted octanol–water partition coefficient (Wildman–Crippen LogP) is 4.12. The highest BCUT2D eigenvalue weighted by atomic mass is 16.5. The summed E-state index contributed by atoms with van der Waals surface area (Å²) in [6.07, 6.45) is 6.39. The van der Waals surface area contributed by atoms with Crippen LogP contribution in [0.2, 0.25) is 5.82 Å². The molecule has 0 saturated heterocycles. The van der Waals surface area contributed by atoms with Gasteiger partial charge in [-0.05, 0) is 32.8 Å². The molecule has 6 heteroatoms. The number of benzene rings is 1. The molecule has 2 unspecified atom stereocenters. The highest BCUT2D eigenvalue weighted by molar-refractivity contribution is 6.55. The van der Waals surface area contributed by atoms with Crippen LogP contribution in [0, 0.1) is 5.41 Å². The Morgan fingerprint density at radius 3 is 2.70 bits per heavy atom. The van der Waals surface area contributed by atoms with Crippen LogP contribution in [-0.2, 0) is 4.79 Å².